The minimum Gasteiger partial charge on any atom is -0.473 e. The first-order chi connectivity index (χ1) is 15.8. The van der Waals surface area contributed by atoms with Crippen LogP contribution in [0.1, 0.15) is 22.6 Å². The number of aryl methyl sites for hydroxylation is 1. The highest BCUT2D eigenvalue weighted by Gasteiger charge is 2.38. The maximum Gasteiger partial charge on any atom is 0.213 e. The SMILES string of the molecule is Cc1onc(-c2ccc(F)cc2)c1COc1ccc2c(n1)CCN(C1CN(S(C)(=O)=O)C1)C2. The average Bonchev–Trinajstić information content (AvgIpc) is 3.11. The topological polar surface area (TPSA) is 88.8 Å². The summed E-state index contributed by atoms with van der Waals surface area (Å²) in [6.07, 6.45) is 2.04. The van der Waals surface area contributed by atoms with Crippen molar-refractivity contribution in [2.45, 2.75) is 32.5 Å². The van der Waals surface area contributed by atoms with Crippen molar-refractivity contribution in [3.05, 3.63) is 64.8 Å². The molecule has 3 aromatic rings. The fourth-order valence-corrected chi connectivity index (χ4v) is 5.16. The molecular weight excluding hydrogens is 447 g/mol. The second kappa shape index (κ2) is 8.51. The van der Waals surface area contributed by atoms with Crippen LogP contribution in [0.5, 0.6) is 5.88 Å². The van der Waals surface area contributed by atoms with Crippen LogP contribution in [-0.2, 0) is 29.6 Å². The minimum absolute atomic E-state index is 0.239. The first-order valence-corrected chi connectivity index (χ1v) is 12.6. The van der Waals surface area contributed by atoms with Gasteiger partial charge in [-0.25, -0.2) is 17.8 Å². The van der Waals surface area contributed by atoms with Gasteiger partial charge in [0.05, 0.1) is 17.5 Å². The molecule has 8 nitrogen and oxygen atoms in total. The maximum absolute atomic E-state index is 13.3. The second-order valence-corrected chi connectivity index (χ2v) is 10.6. The van der Waals surface area contributed by atoms with Gasteiger partial charge < -0.3 is 9.26 Å². The van der Waals surface area contributed by atoms with Crippen molar-refractivity contribution in [1.29, 1.82) is 0 Å². The molecule has 0 spiro atoms. The predicted molar refractivity (Wildman–Crippen MR) is 120 cm³/mol. The van der Waals surface area contributed by atoms with Crippen LogP contribution in [0.4, 0.5) is 4.39 Å². The van der Waals surface area contributed by atoms with Gasteiger partial charge in [-0.3, -0.25) is 4.90 Å². The molecule has 0 amide bonds. The normalized spacial score (nSPS) is 17.5. The number of hydrogen-bond donors (Lipinski definition) is 0. The lowest BCUT2D eigenvalue weighted by Crippen LogP contribution is -2.61. The monoisotopic (exact) mass is 472 g/mol. The van der Waals surface area contributed by atoms with E-state index in [2.05, 4.69) is 10.1 Å². The van der Waals surface area contributed by atoms with Gasteiger partial charge in [0.2, 0.25) is 15.9 Å². The van der Waals surface area contributed by atoms with E-state index in [4.69, 9.17) is 14.2 Å². The van der Waals surface area contributed by atoms with Crippen LogP contribution in [0.2, 0.25) is 0 Å². The lowest BCUT2D eigenvalue weighted by molar-refractivity contribution is 0.0765. The summed E-state index contributed by atoms with van der Waals surface area (Å²) in [7, 11) is -3.10. The molecule has 0 aliphatic carbocycles. The van der Waals surface area contributed by atoms with Crippen LogP contribution in [0.3, 0.4) is 0 Å². The summed E-state index contributed by atoms with van der Waals surface area (Å²) in [5.74, 6) is 0.866. The number of rotatable bonds is 6. The minimum atomic E-state index is -3.10. The van der Waals surface area contributed by atoms with E-state index in [1.165, 1.54) is 22.7 Å². The molecule has 10 heteroatoms. The Morgan fingerprint density at radius 2 is 1.94 bits per heavy atom. The zero-order valence-corrected chi connectivity index (χ0v) is 19.3. The number of pyridine rings is 1. The Labute approximate surface area is 192 Å². The van der Waals surface area contributed by atoms with Gasteiger partial charge in [-0.15, -0.1) is 0 Å². The Morgan fingerprint density at radius 1 is 1.18 bits per heavy atom. The summed E-state index contributed by atoms with van der Waals surface area (Å²) in [6.45, 7) is 4.76. The van der Waals surface area contributed by atoms with E-state index in [1.807, 2.05) is 19.1 Å². The molecule has 174 valence electrons. The zero-order valence-electron chi connectivity index (χ0n) is 18.5. The van der Waals surface area contributed by atoms with Crippen LogP contribution in [0, 0.1) is 12.7 Å². The van der Waals surface area contributed by atoms with Crippen LogP contribution in [0.25, 0.3) is 11.3 Å². The molecule has 2 aliphatic heterocycles. The molecule has 1 saturated heterocycles. The van der Waals surface area contributed by atoms with E-state index in [0.717, 1.165) is 41.9 Å². The summed E-state index contributed by atoms with van der Waals surface area (Å²) < 4.78 is 49.3. The van der Waals surface area contributed by atoms with Gasteiger partial charge in [-0.2, -0.15) is 4.31 Å². The van der Waals surface area contributed by atoms with E-state index in [-0.39, 0.29) is 18.5 Å². The summed E-state index contributed by atoms with van der Waals surface area (Å²) >= 11 is 0. The highest BCUT2D eigenvalue weighted by molar-refractivity contribution is 7.88. The molecule has 0 atom stereocenters. The average molecular weight is 473 g/mol. The van der Waals surface area contributed by atoms with E-state index in [9.17, 15) is 12.8 Å². The van der Waals surface area contributed by atoms with Gasteiger partial charge in [-0.1, -0.05) is 11.2 Å². The summed E-state index contributed by atoms with van der Waals surface area (Å²) in [5.41, 5.74) is 4.33. The molecular formula is C23H25FN4O4S. The van der Waals surface area contributed by atoms with Crippen molar-refractivity contribution in [3.8, 4) is 17.1 Å². The Balaban J connectivity index is 1.24. The number of hydrogen-bond acceptors (Lipinski definition) is 7. The van der Waals surface area contributed by atoms with Gasteiger partial charge in [-0.05, 0) is 36.8 Å². The van der Waals surface area contributed by atoms with E-state index in [0.29, 0.717) is 30.4 Å². The van der Waals surface area contributed by atoms with Crippen molar-refractivity contribution >= 4 is 10.0 Å². The Morgan fingerprint density at radius 3 is 2.67 bits per heavy atom. The van der Waals surface area contributed by atoms with E-state index < -0.39 is 10.0 Å². The summed E-state index contributed by atoms with van der Waals surface area (Å²) in [4.78, 5) is 7.01. The van der Waals surface area contributed by atoms with E-state index in [1.54, 1.807) is 12.1 Å². The van der Waals surface area contributed by atoms with Gasteiger partial charge in [0.1, 0.15) is 23.9 Å². The molecule has 1 aromatic carbocycles. The van der Waals surface area contributed by atoms with Crippen molar-refractivity contribution in [2.24, 2.45) is 0 Å². The van der Waals surface area contributed by atoms with Crippen molar-refractivity contribution in [2.75, 3.05) is 25.9 Å². The van der Waals surface area contributed by atoms with Gasteiger partial charge in [0, 0.05) is 50.3 Å². The smallest absolute Gasteiger partial charge is 0.213 e. The number of sulfonamides is 1. The van der Waals surface area contributed by atoms with Crippen molar-refractivity contribution in [1.82, 2.24) is 19.3 Å². The molecule has 0 unspecified atom stereocenters. The number of ether oxygens (including phenoxy) is 1. The van der Waals surface area contributed by atoms with Gasteiger partial charge >= 0.3 is 0 Å². The lowest BCUT2D eigenvalue weighted by Gasteiger charge is -2.45. The standard InChI is InChI=1S/C23H25FN4O4S/c1-15-20(23(26-32-15)16-3-6-18(24)7-4-16)14-31-22-8-5-17-11-27(10-9-21(17)25-22)19-12-28(13-19)33(2,29)30/h3-8,19H,9-14H2,1-2H3. The summed E-state index contributed by atoms with van der Waals surface area (Å²) in [6, 6.07) is 10.2. The Kier molecular flexibility index (Phi) is 5.67. The molecule has 2 aliphatic rings. The third-order valence-electron chi connectivity index (χ3n) is 6.33. The first-order valence-electron chi connectivity index (χ1n) is 10.8. The van der Waals surface area contributed by atoms with Crippen molar-refractivity contribution in [3.63, 3.8) is 0 Å². The zero-order chi connectivity index (χ0) is 23.2. The van der Waals surface area contributed by atoms with Gasteiger partial charge in [0.15, 0.2) is 0 Å². The molecule has 1 fully saturated rings. The number of aromatic nitrogens is 2. The third-order valence-corrected chi connectivity index (χ3v) is 7.57. The van der Waals surface area contributed by atoms with Crippen LogP contribution >= 0.6 is 0 Å². The highest BCUT2D eigenvalue weighted by Crippen LogP contribution is 2.28. The van der Waals surface area contributed by atoms with E-state index >= 15 is 0 Å². The van der Waals surface area contributed by atoms with Gasteiger partial charge in [0.25, 0.3) is 0 Å². The number of benzene rings is 1. The molecule has 0 N–H and O–H groups in total. The molecule has 0 saturated carbocycles. The van der Waals surface area contributed by atoms with Crippen LogP contribution < -0.4 is 4.74 Å². The number of halogens is 1. The Hall–Kier alpha value is -2.82. The largest absolute Gasteiger partial charge is 0.473 e. The molecule has 0 bridgehead atoms. The highest BCUT2D eigenvalue weighted by atomic mass is 32.2. The molecule has 5 rings (SSSR count). The first kappa shape index (κ1) is 22.0. The fraction of sp³-hybridized carbons (Fsp3) is 0.391. The number of nitrogens with zero attached hydrogens (tertiary/aromatic N) is 4. The lowest BCUT2D eigenvalue weighted by atomic mass is 10.0. The quantitative estimate of drug-likeness (QED) is 0.545. The second-order valence-electron chi connectivity index (χ2n) is 8.57. The van der Waals surface area contributed by atoms with Crippen molar-refractivity contribution < 1.29 is 22.1 Å². The molecule has 2 aromatic heterocycles. The fourth-order valence-electron chi connectivity index (χ4n) is 4.27. The maximum atomic E-state index is 13.3. The number of fused-ring (bicyclic) bond motifs is 1. The molecule has 4 heterocycles. The van der Waals surface area contributed by atoms with Crippen LogP contribution in [-0.4, -0.2) is 59.7 Å². The Bertz CT molecular complexity index is 1270. The molecule has 33 heavy (non-hydrogen) atoms. The predicted octanol–water partition coefficient (Wildman–Crippen LogP) is 2.77. The molecule has 0 radical (unpaired) electrons. The van der Waals surface area contributed by atoms with Crippen LogP contribution in [0.15, 0.2) is 40.9 Å². The summed E-state index contributed by atoms with van der Waals surface area (Å²) in [5, 5.41) is 4.11. The third kappa shape index (κ3) is 4.50.